The standard InChI is InChI=1S/C17H21NO2S.C2H6/c1-11-6-8-12(9-7-11)13-10-21-15(18-5)14(13)16(19)20-17(2,3)4;1-2/h6-10,18H,1-5H3;1-2H3. The largest absolute Gasteiger partial charge is 0.456 e. The molecule has 0 radical (unpaired) electrons. The zero-order valence-corrected chi connectivity index (χ0v) is 15.9. The van der Waals surface area contributed by atoms with E-state index < -0.39 is 5.60 Å². The first-order valence-corrected chi connectivity index (χ1v) is 8.79. The smallest absolute Gasteiger partial charge is 0.342 e. The number of benzene rings is 1. The monoisotopic (exact) mass is 333 g/mol. The van der Waals surface area contributed by atoms with Crippen LogP contribution in [0, 0.1) is 6.92 Å². The molecule has 0 saturated carbocycles. The van der Waals surface area contributed by atoms with Crippen LogP contribution < -0.4 is 5.32 Å². The molecule has 1 heterocycles. The number of carbonyl (C=O) groups excluding carboxylic acids is 1. The fourth-order valence-corrected chi connectivity index (χ4v) is 2.94. The van der Waals surface area contributed by atoms with Crippen LogP contribution >= 0.6 is 11.3 Å². The maximum atomic E-state index is 12.5. The van der Waals surface area contributed by atoms with Gasteiger partial charge in [-0.1, -0.05) is 43.7 Å². The zero-order chi connectivity index (χ0) is 17.6. The van der Waals surface area contributed by atoms with Crippen molar-refractivity contribution in [2.75, 3.05) is 12.4 Å². The second-order valence-electron chi connectivity index (χ2n) is 5.97. The molecule has 0 fully saturated rings. The molecule has 0 atom stereocenters. The summed E-state index contributed by atoms with van der Waals surface area (Å²) in [6.07, 6.45) is 0. The highest BCUT2D eigenvalue weighted by Gasteiger charge is 2.25. The summed E-state index contributed by atoms with van der Waals surface area (Å²) in [7, 11) is 1.82. The minimum atomic E-state index is -0.505. The van der Waals surface area contributed by atoms with Gasteiger partial charge >= 0.3 is 5.97 Å². The molecule has 4 heteroatoms. The normalized spacial score (nSPS) is 10.6. The Hall–Kier alpha value is -1.81. The van der Waals surface area contributed by atoms with E-state index in [2.05, 4.69) is 5.32 Å². The van der Waals surface area contributed by atoms with Crippen molar-refractivity contribution in [2.24, 2.45) is 0 Å². The first kappa shape index (κ1) is 19.2. The number of esters is 1. The molecule has 0 aliphatic rings. The van der Waals surface area contributed by atoms with Crippen molar-refractivity contribution in [3.63, 3.8) is 0 Å². The Balaban J connectivity index is 0.00000127. The summed E-state index contributed by atoms with van der Waals surface area (Å²) in [5.74, 6) is -0.288. The van der Waals surface area contributed by atoms with E-state index in [1.165, 1.54) is 16.9 Å². The Kier molecular flexibility index (Phi) is 6.82. The number of aryl methyl sites for hydroxylation is 1. The third kappa shape index (κ3) is 5.10. The number of carbonyl (C=O) groups is 1. The summed E-state index contributed by atoms with van der Waals surface area (Å²) >= 11 is 1.52. The molecule has 1 aromatic carbocycles. The number of anilines is 1. The Labute approximate surface area is 143 Å². The van der Waals surface area contributed by atoms with Crippen LogP contribution in [0.15, 0.2) is 29.6 Å². The van der Waals surface area contributed by atoms with Gasteiger partial charge in [-0.05, 0) is 33.3 Å². The van der Waals surface area contributed by atoms with Crippen LogP contribution in [0.2, 0.25) is 0 Å². The number of rotatable bonds is 3. The average Bonchev–Trinajstić information content (AvgIpc) is 2.92. The Bertz CT molecular complexity index is 636. The zero-order valence-electron chi connectivity index (χ0n) is 15.1. The SMILES string of the molecule is CC.CNc1scc(-c2ccc(C)cc2)c1C(=O)OC(C)(C)C. The second kappa shape index (κ2) is 8.16. The second-order valence-corrected chi connectivity index (χ2v) is 6.85. The van der Waals surface area contributed by atoms with E-state index in [4.69, 9.17) is 4.74 Å². The predicted octanol–water partition coefficient (Wildman–Crippen LogP) is 5.75. The Morgan fingerprint density at radius 3 is 2.17 bits per heavy atom. The predicted molar refractivity (Wildman–Crippen MR) is 101 cm³/mol. The highest BCUT2D eigenvalue weighted by molar-refractivity contribution is 7.15. The van der Waals surface area contributed by atoms with Gasteiger partial charge in [0.05, 0.1) is 0 Å². The number of thiophene rings is 1. The molecule has 0 saturated heterocycles. The van der Waals surface area contributed by atoms with Gasteiger partial charge in [0.25, 0.3) is 0 Å². The van der Waals surface area contributed by atoms with Crippen LogP contribution in [0.4, 0.5) is 5.00 Å². The van der Waals surface area contributed by atoms with Gasteiger partial charge in [0.2, 0.25) is 0 Å². The summed E-state index contributed by atoms with van der Waals surface area (Å²) in [4.78, 5) is 12.5. The van der Waals surface area contributed by atoms with Crippen molar-refractivity contribution in [2.45, 2.75) is 47.1 Å². The van der Waals surface area contributed by atoms with Gasteiger partial charge < -0.3 is 10.1 Å². The fraction of sp³-hybridized carbons (Fsp3) is 0.421. The molecule has 0 aliphatic heterocycles. The molecule has 126 valence electrons. The van der Waals surface area contributed by atoms with Crippen LogP contribution in [-0.2, 0) is 4.74 Å². The van der Waals surface area contributed by atoms with Crippen LogP contribution in [0.25, 0.3) is 11.1 Å². The topological polar surface area (TPSA) is 38.3 Å². The van der Waals surface area contributed by atoms with Crippen LogP contribution in [0.1, 0.15) is 50.5 Å². The molecule has 23 heavy (non-hydrogen) atoms. The van der Waals surface area contributed by atoms with Gasteiger partial charge in [0.15, 0.2) is 0 Å². The van der Waals surface area contributed by atoms with Crippen LogP contribution in [-0.4, -0.2) is 18.6 Å². The molecular formula is C19H27NO2S. The molecule has 0 aliphatic carbocycles. The lowest BCUT2D eigenvalue weighted by Crippen LogP contribution is -2.24. The Morgan fingerprint density at radius 2 is 1.70 bits per heavy atom. The van der Waals surface area contributed by atoms with E-state index in [1.807, 2.05) is 78.2 Å². The van der Waals surface area contributed by atoms with Crippen LogP contribution in [0.5, 0.6) is 0 Å². The highest BCUT2D eigenvalue weighted by atomic mass is 32.1. The molecule has 1 N–H and O–H groups in total. The van der Waals surface area contributed by atoms with Gasteiger partial charge in [0, 0.05) is 18.0 Å². The fourth-order valence-electron chi connectivity index (χ4n) is 2.02. The molecule has 0 spiro atoms. The molecule has 3 nitrogen and oxygen atoms in total. The minimum absolute atomic E-state index is 0.288. The lowest BCUT2D eigenvalue weighted by atomic mass is 10.0. The summed E-state index contributed by atoms with van der Waals surface area (Å²) in [6.45, 7) is 11.7. The van der Waals surface area contributed by atoms with E-state index in [0.29, 0.717) is 5.56 Å². The lowest BCUT2D eigenvalue weighted by molar-refractivity contribution is 0.00721. The van der Waals surface area contributed by atoms with Gasteiger partial charge in [-0.2, -0.15) is 0 Å². The highest BCUT2D eigenvalue weighted by Crippen LogP contribution is 2.36. The van der Waals surface area contributed by atoms with Crippen molar-refractivity contribution in [1.29, 1.82) is 0 Å². The summed E-state index contributed by atoms with van der Waals surface area (Å²) in [6, 6.07) is 8.16. The molecule has 0 unspecified atom stereocenters. The number of hydrogen-bond donors (Lipinski definition) is 1. The maximum absolute atomic E-state index is 12.5. The van der Waals surface area contributed by atoms with Gasteiger partial charge in [0.1, 0.15) is 16.2 Å². The quantitative estimate of drug-likeness (QED) is 0.727. The first-order valence-electron chi connectivity index (χ1n) is 7.91. The van der Waals surface area contributed by atoms with Crippen molar-refractivity contribution in [3.05, 3.63) is 40.8 Å². The Morgan fingerprint density at radius 1 is 1.13 bits per heavy atom. The lowest BCUT2D eigenvalue weighted by Gasteiger charge is -2.20. The number of nitrogens with one attached hydrogen (secondary N) is 1. The van der Waals surface area contributed by atoms with E-state index in [1.54, 1.807) is 0 Å². The third-order valence-corrected chi connectivity index (χ3v) is 3.98. The third-order valence-electron chi connectivity index (χ3n) is 2.98. The maximum Gasteiger partial charge on any atom is 0.342 e. The van der Waals surface area contributed by atoms with Crippen molar-refractivity contribution in [3.8, 4) is 11.1 Å². The van der Waals surface area contributed by atoms with Gasteiger partial charge in [-0.15, -0.1) is 11.3 Å². The minimum Gasteiger partial charge on any atom is -0.456 e. The van der Waals surface area contributed by atoms with Crippen molar-refractivity contribution in [1.82, 2.24) is 0 Å². The van der Waals surface area contributed by atoms with Gasteiger partial charge in [-0.3, -0.25) is 0 Å². The molecular weight excluding hydrogens is 306 g/mol. The van der Waals surface area contributed by atoms with E-state index >= 15 is 0 Å². The first-order chi connectivity index (χ1) is 10.8. The molecule has 2 rings (SSSR count). The summed E-state index contributed by atoms with van der Waals surface area (Å²) in [5.41, 5.74) is 3.25. The van der Waals surface area contributed by atoms with Crippen molar-refractivity contribution < 1.29 is 9.53 Å². The van der Waals surface area contributed by atoms with Crippen LogP contribution in [0.3, 0.4) is 0 Å². The summed E-state index contributed by atoms with van der Waals surface area (Å²) in [5, 5.41) is 5.91. The molecule has 0 bridgehead atoms. The molecule has 1 aromatic heterocycles. The number of hydrogen-bond acceptors (Lipinski definition) is 4. The summed E-state index contributed by atoms with van der Waals surface area (Å²) < 4.78 is 5.54. The molecule has 2 aromatic rings. The van der Waals surface area contributed by atoms with Gasteiger partial charge in [-0.25, -0.2) is 4.79 Å². The molecule has 0 amide bonds. The average molecular weight is 333 g/mol. The van der Waals surface area contributed by atoms with E-state index in [-0.39, 0.29) is 5.97 Å². The number of ether oxygens (including phenoxy) is 1. The van der Waals surface area contributed by atoms with Crippen molar-refractivity contribution >= 4 is 22.3 Å². The van der Waals surface area contributed by atoms with E-state index in [9.17, 15) is 4.79 Å². The van der Waals surface area contributed by atoms with E-state index in [0.717, 1.165) is 16.1 Å².